The molecule has 0 spiro atoms. The van der Waals surface area contributed by atoms with Crippen LogP contribution >= 0.6 is 0 Å². The number of para-hydroxylation sites is 1. The topological polar surface area (TPSA) is 96.3 Å². The van der Waals surface area contributed by atoms with Gasteiger partial charge in [-0.3, -0.25) is 19.4 Å². The second kappa shape index (κ2) is 8.48. The molecule has 2 saturated heterocycles. The van der Waals surface area contributed by atoms with Crippen molar-refractivity contribution in [2.45, 2.75) is 12.1 Å². The van der Waals surface area contributed by atoms with Gasteiger partial charge in [0, 0.05) is 5.56 Å². The van der Waals surface area contributed by atoms with Crippen molar-refractivity contribution < 1.29 is 28.3 Å². The molecule has 2 amide bonds. The number of hydrogen-bond donors (Lipinski definition) is 0. The zero-order chi connectivity index (χ0) is 25.8. The lowest BCUT2D eigenvalue weighted by atomic mass is 9.83. The lowest BCUT2D eigenvalue weighted by Gasteiger charge is -2.34. The number of fused-ring (bicyclic) bond motifs is 5. The highest BCUT2D eigenvalue weighted by Gasteiger charge is 2.65. The van der Waals surface area contributed by atoms with Gasteiger partial charge in [0.1, 0.15) is 11.9 Å². The quantitative estimate of drug-likeness (QED) is 0.312. The van der Waals surface area contributed by atoms with Crippen molar-refractivity contribution in [1.82, 2.24) is 5.01 Å². The van der Waals surface area contributed by atoms with Crippen molar-refractivity contribution >= 4 is 35.5 Å². The van der Waals surface area contributed by atoms with Crippen LogP contribution in [-0.4, -0.2) is 47.9 Å². The molecule has 184 valence electrons. The SMILES string of the molecule is COC(=O)c1ccccc1N1C(=O)[C@@H]2[C@H](C1=O)[C@H]1c3ccccc3C=NN1[C@H]2C(=O)c1ccc(F)cc1. The zero-order valence-electron chi connectivity index (χ0n) is 19.6. The van der Waals surface area contributed by atoms with Crippen molar-refractivity contribution in [3.63, 3.8) is 0 Å². The number of amides is 2. The van der Waals surface area contributed by atoms with Gasteiger partial charge in [-0.1, -0.05) is 36.4 Å². The zero-order valence-corrected chi connectivity index (χ0v) is 19.6. The molecule has 0 aromatic heterocycles. The molecular weight excluding hydrogens is 477 g/mol. The van der Waals surface area contributed by atoms with E-state index >= 15 is 0 Å². The maximum absolute atomic E-state index is 14.0. The Morgan fingerprint density at radius 2 is 1.57 bits per heavy atom. The van der Waals surface area contributed by atoms with E-state index in [1.807, 2.05) is 24.3 Å². The van der Waals surface area contributed by atoms with Crippen molar-refractivity contribution in [2.75, 3.05) is 12.0 Å². The van der Waals surface area contributed by atoms with Gasteiger partial charge < -0.3 is 4.74 Å². The average Bonchev–Trinajstić information content (AvgIpc) is 3.40. The Balaban J connectivity index is 1.50. The summed E-state index contributed by atoms with van der Waals surface area (Å²) in [5.74, 6) is -4.76. The highest BCUT2D eigenvalue weighted by atomic mass is 19.1. The van der Waals surface area contributed by atoms with Crippen LogP contribution in [0, 0.1) is 17.7 Å². The molecule has 0 saturated carbocycles. The van der Waals surface area contributed by atoms with Gasteiger partial charge in [-0.25, -0.2) is 14.1 Å². The van der Waals surface area contributed by atoms with Crippen LogP contribution in [0.25, 0.3) is 0 Å². The second-order valence-electron chi connectivity index (χ2n) is 9.09. The molecule has 6 rings (SSSR count). The standard InChI is InChI=1S/C28H20FN3O5/c1-37-28(36)19-8-4-5-9-20(19)31-26(34)21-22(27(31)35)24(25(33)15-10-12-17(29)13-11-15)32-23(21)18-7-3-2-6-16(18)14-30-32/h2-14,21-24H,1H3/t21-,22+,23+,24+/m0/s1. The lowest BCUT2D eigenvalue weighted by molar-refractivity contribution is -0.124. The van der Waals surface area contributed by atoms with Gasteiger partial charge in [-0.05, 0) is 47.5 Å². The minimum atomic E-state index is -1.10. The number of Topliss-reactive ketones (excluding diaryl/α,β-unsaturated/α-hetero) is 1. The van der Waals surface area contributed by atoms with E-state index in [-0.39, 0.29) is 16.8 Å². The van der Waals surface area contributed by atoms with Gasteiger partial charge in [-0.15, -0.1) is 0 Å². The van der Waals surface area contributed by atoms with Crippen molar-refractivity contribution in [1.29, 1.82) is 0 Å². The van der Waals surface area contributed by atoms with Crippen LogP contribution in [0.3, 0.4) is 0 Å². The Kier molecular flexibility index (Phi) is 5.22. The molecule has 37 heavy (non-hydrogen) atoms. The Hall–Kier alpha value is -4.66. The molecule has 4 atom stereocenters. The van der Waals surface area contributed by atoms with Gasteiger partial charge >= 0.3 is 5.97 Å². The van der Waals surface area contributed by atoms with Gasteiger partial charge in [0.05, 0.1) is 42.5 Å². The molecule has 3 aromatic carbocycles. The van der Waals surface area contributed by atoms with Gasteiger partial charge in [0.25, 0.3) is 0 Å². The molecule has 0 unspecified atom stereocenters. The number of esters is 1. The van der Waals surface area contributed by atoms with E-state index in [2.05, 4.69) is 5.10 Å². The van der Waals surface area contributed by atoms with E-state index in [1.54, 1.807) is 18.3 Å². The Bertz CT molecular complexity index is 1500. The number of hydrogen-bond acceptors (Lipinski definition) is 7. The summed E-state index contributed by atoms with van der Waals surface area (Å²) in [5.41, 5.74) is 1.92. The summed E-state index contributed by atoms with van der Waals surface area (Å²) in [7, 11) is 1.22. The molecule has 3 aliphatic heterocycles. The van der Waals surface area contributed by atoms with Crippen LogP contribution in [-0.2, 0) is 14.3 Å². The number of ether oxygens (including phenoxy) is 1. The van der Waals surface area contributed by atoms with E-state index in [1.165, 1.54) is 48.5 Å². The summed E-state index contributed by atoms with van der Waals surface area (Å²) in [6, 6.07) is 16.9. The predicted octanol–water partition coefficient (Wildman–Crippen LogP) is 3.37. The number of carbonyl (C=O) groups is 4. The third kappa shape index (κ3) is 3.31. The summed E-state index contributed by atoms with van der Waals surface area (Å²) >= 11 is 0. The number of rotatable bonds is 4. The molecule has 3 aliphatic rings. The van der Waals surface area contributed by atoms with E-state index in [0.717, 1.165) is 16.0 Å². The Labute approximate surface area is 210 Å². The lowest BCUT2D eigenvalue weighted by Crippen LogP contribution is -2.45. The van der Waals surface area contributed by atoms with Crippen LogP contribution in [0.15, 0.2) is 77.9 Å². The Morgan fingerprint density at radius 3 is 2.32 bits per heavy atom. The van der Waals surface area contributed by atoms with E-state index < -0.39 is 53.3 Å². The minimum Gasteiger partial charge on any atom is -0.465 e. The highest BCUT2D eigenvalue weighted by molar-refractivity contribution is 6.26. The number of benzene rings is 3. The third-order valence-electron chi connectivity index (χ3n) is 7.24. The van der Waals surface area contributed by atoms with Crippen molar-refractivity contribution in [2.24, 2.45) is 16.9 Å². The minimum absolute atomic E-state index is 0.0620. The number of carbonyl (C=O) groups excluding carboxylic acids is 4. The van der Waals surface area contributed by atoms with Crippen LogP contribution in [0.5, 0.6) is 0 Å². The fraction of sp³-hybridized carbons (Fsp3) is 0.179. The number of methoxy groups -OCH3 is 1. The van der Waals surface area contributed by atoms with Crippen molar-refractivity contribution in [3.8, 4) is 0 Å². The van der Waals surface area contributed by atoms with Crippen LogP contribution in [0.2, 0.25) is 0 Å². The van der Waals surface area contributed by atoms with E-state index in [0.29, 0.717) is 0 Å². The Morgan fingerprint density at radius 1 is 0.892 bits per heavy atom. The smallest absolute Gasteiger partial charge is 0.339 e. The fourth-order valence-corrected chi connectivity index (χ4v) is 5.64. The molecule has 0 bridgehead atoms. The van der Waals surface area contributed by atoms with Gasteiger partial charge in [0.15, 0.2) is 5.78 Å². The number of hydrazone groups is 1. The molecular formula is C28H20FN3O5. The van der Waals surface area contributed by atoms with Crippen LogP contribution < -0.4 is 4.90 Å². The predicted molar refractivity (Wildman–Crippen MR) is 130 cm³/mol. The first kappa shape index (κ1) is 22.8. The first-order chi connectivity index (χ1) is 17.9. The molecule has 3 aromatic rings. The van der Waals surface area contributed by atoms with E-state index in [9.17, 15) is 23.6 Å². The number of ketones is 1. The van der Waals surface area contributed by atoms with Crippen LogP contribution in [0.4, 0.5) is 10.1 Å². The molecule has 9 heteroatoms. The summed E-state index contributed by atoms with van der Waals surface area (Å²) in [6.07, 6.45) is 1.61. The number of anilines is 1. The first-order valence-corrected chi connectivity index (χ1v) is 11.7. The monoisotopic (exact) mass is 497 g/mol. The molecule has 8 nitrogen and oxygen atoms in total. The molecule has 0 radical (unpaired) electrons. The highest BCUT2D eigenvalue weighted by Crippen LogP contribution is 2.53. The third-order valence-corrected chi connectivity index (χ3v) is 7.24. The summed E-state index contributed by atoms with van der Waals surface area (Å²) in [4.78, 5) is 55.2. The number of halogens is 1. The normalized spacial score (nSPS) is 23.5. The van der Waals surface area contributed by atoms with Gasteiger partial charge in [0.2, 0.25) is 11.8 Å². The number of imide groups is 1. The fourth-order valence-electron chi connectivity index (χ4n) is 5.64. The van der Waals surface area contributed by atoms with E-state index in [4.69, 9.17) is 4.74 Å². The van der Waals surface area contributed by atoms with Gasteiger partial charge in [-0.2, -0.15) is 5.10 Å². The summed E-state index contributed by atoms with van der Waals surface area (Å²) in [6.45, 7) is 0. The average molecular weight is 497 g/mol. The largest absolute Gasteiger partial charge is 0.465 e. The molecule has 0 aliphatic carbocycles. The molecule has 2 fully saturated rings. The first-order valence-electron chi connectivity index (χ1n) is 11.7. The maximum atomic E-state index is 14.0. The molecule has 0 N–H and O–H groups in total. The molecule has 3 heterocycles. The summed E-state index contributed by atoms with van der Waals surface area (Å²) in [5, 5.41) is 6.03. The van der Waals surface area contributed by atoms with Crippen molar-refractivity contribution in [3.05, 3.63) is 101 Å². The number of nitrogens with zero attached hydrogens (tertiary/aromatic N) is 3. The summed E-state index contributed by atoms with van der Waals surface area (Å²) < 4.78 is 18.4. The van der Waals surface area contributed by atoms with Crippen LogP contribution in [0.1, 0.15) is 37.9 Å². The maximum Gasteiger partial charge on any atom is 0.339 e. The second-order valence-corrected chi connectivity index (χ2v) is 9.09.